The summed E-state index contributed by atoms with van der Waals surface area (Å²) in [5.41, 5.74) is 0.293. The number of carboxylic acids is 1. The van der Waals surface area contributed by atoms with Crippen molar-refractivity contribution in [2.45, 2.75) is 27.2 Å². The molecule has 0 aromatic heterocycles. The summed E-state index contributed by atoms with van der Waals surface area (Å²) in [5.74, 6) is -0.0168. The Hall–Kier alpha value is -1.07. The zero-order valence-corrected chi connectivity index (χ0v) is 14.2. The lowest BCUT2D eigenvalue weighted by Crippen LogP contribution is -2.44. The monoisotopic (exact) mass is 356 g/mol. The van der Waals surface area contributed by atoms with E-state index in [4.69, 9.17) is 9.47 Å². The van der Waals surface area contributed by atoms with Crippen LogP contribution >= 0.6 is 15.9 Å². The Balaban J connectivity index is 2.02. The number of ether oxygens (including phenoxy) is 2. The Bertz CT molecular complexity index is 535. The standard InChI is InChI=1S/C16H21BrO4/c1-15(2,14(18)19)7-11-4-5-13(12(17)6-11)21-10-16(3)8-20-9-16/h4-6H,7-10H2,1-3H3,(H,18,19). The SMILES string of the molecule is CC1(COc2ccc(CC(C)(C)C(=O)O)cc2Br)COC1. The molecule has 1 aromatic carbocycles. The summed E-state index contributed by atoms with van der Waals surface area (Å²) in [6, 6.07) is 5.74. The Labute approximate surface area is 133 Å². The second-order valence-electron chi connectivity index (χ2n) is 6.72. The second-order valence-corrected chi connectivity index (χ2v) is 7.58. The highest BCUT2D eigenvalue weighted by Gasteiger charge is 2.34. The van der Waals surface area contributed by atoms with E-state index in [2.05, 4.69) is 22.9 Å². The molecular formula is C16H21BrO4. The summed E-state index contributed by atoms with van der Waals surface area (Å²) >= 11 is 3.50. The quantitative estimate of drug-likeness (QED) is 0.847. The summed E-state index contributed by atoms with van der Waals surface area (Å²) < 4.78 is 11.9. The van der Waals surface area contributed by atoms with Crippen LogP contribution in [-0.2, 0) is 16.0 Å². The number of benzene rings is 1. The van der Waals surface area contributed by atoms with E-state index in [0.29, 0.717) is 13.0 Å². The van der Waals surface area contributed by atoms with Gasteiger partial charge in [0.2, 0.25) is 0 Å². The van der Waals surface area contributed by atoms with Gasteiger partial charge in [0.05, 0.1) is 29.7 Å². The molecule has 1 saturated heterocycles. The molecule has 1 aliphatic heterocycles. The van der Waals surface area contributed by atoms with Gasteiger partial charge in [0, 0.05) is 5.41 Å². The fourth-order valence-corrected chi connectivity index (χ4v) is 2.68. The Morgan fingerprint density at radius 1 is 1.48 bits per heavy atom. The van der Waals surface area contributed by atoms with Gasteiger partial charge < -0.3 is 14.6 Å². The van der Waals surface area contributed by atoms with Crippen molar-refractivity contribution >= 4 is 21.9 Å². The largest absolute Gasteiger partial charge is 0.492 e. The average molecular weight is 357 g/mol. The topological polar surface area (TPSA) is 55.8 Å². The molecule has 0 saturated carbocycles. The zero-order chi connectivity index (χ0) is 15.7. The van der Waals surface area contributed by atoms with E-state index in [1.165, 1.54) is 0 Å². The van der Waals surface area contributed by atoms with E-state index in [1.807, 2.05) is 18.2 Å². The van der Waals surface area contributed by atoms with Crippen LogP contribution in [0.3, 0.4) is 0 Å². The lowest BCUT2D eigenvalue weighted by Gasteiger charge is -2.37. The van der Waals surface area contributed by atoms with Crippen LogP contribution in [0.4, 0.5) is 0 Å². The van der Waals surface area contributed by atoms with E-state index in [-0.39, 0.29) is 5.41 Å². The fraction of sp³-hybridized carbons (Fsp3) is 0.562. The number of carboxylic acid groups (broad SMARTS) is 1. The number of rotatable bonds is 6. The van der Waals surface area contributed by atoms with Gasteiger partial charge >= 0.3 is 5.97 Å². The van der Waals surface area contributed by atoms with Crippen LogP contribution in [0, 0.1) is 10.8 Å². The van der Waals surface area contributed by atoms with E-state index in [9.17, 15) is 9.90 Å². The summed E-state index contributed by atoms with van der Waals surface area (Å²) in [7, 11) is 0. The van der Waals surface area contributed by atoms with E-state index in [0.717, 1.165) is 29.0 Å². The molecule has 2 rings (SSSR count). The Kier molecular flexibility index (Phi) is 4.63. The van der Waals surface area contributed by atoms with Gasteiger partial charge in [-0.25, -0.2) is 0 Å². The van der Waals surface area contributed by atoms with Crippen molar-refractivity contribution in [1.29, 1.82) is 0 Å². The first-order chi connectivity index (χ1) is 9.72. The Morgan fingerprint density at radius 3 is 2.62 bits per heavy atom. The fourth-order valence-electron chi connectivity index (χ4n) is 2.14. The first kappa shape index (κ1) is 16.3. The zero-order valence-electron chi connectivity index (χ0n) is 12.6. The first-order valence-corrected chi connectivity index (χ1v) is 7.74. The van der Waals surface area contributed by atoms with Crippen LogP contribution in [0.1, 0.15) is 26.3 Å². The van der Waals surface area contributed by atoms with Crippen LogP contribution in [0.2, 0.25) is 0 Å². The van der Waals surface area contributed by atoms with Crippen molar-refractivity contribution < 1.29 is 19.4 Å². The molecule has 4 nitrogen and oxygen atoms in total. The first-order valence-electron chi connectivity index (χ1n) is 6.94. The number of hydrogen-bond donors (Lipinski definition) is 1. The Morgan fingerprint density at radius 2 is 2.14 bits per heavy atom. The summed E-state index contributed by atoms with van der Waals surface area (Å²) in [6.45, 7) is 7.67. The number of halogens is 1. The van der Waals surface area contributed by atoms with Gasteiger partial charge in [0.1, 0.15) is 5.75 Å². The van der Waals surface area contributed by atoms with Crippen LogP contribution in [0.15, 0.2) is 22.7 Å². The van der Waals surface area contributed by atoms with Gasteiger partial charge in [-0.1, -0.05) is 13.0 Å². The second kappa shape index (κ2) is 5.97. The van der Waals surface area contributed by atoms with Crippen molar-refractivity contribution in [3.63, 3.8) is 0 Å². The van der Waals surface area contributed by atoms with Gasteiger partial charge in [0.25, 0.3) is 0 Å². The summed E-state index contributed by atoms with van der Waals surface area (Å²) in [5, 5.41) is 9.19. The highest BCUT2D eigenvalue weighted by Crippen LogP contribution is 2.32. The number of carbonyl (C=O) groups is 1. The molecule has 0 bridgehead atoms. The van der Waals surface area contributed by atoms with Gasteiger partial charge in [0.15, 0.2) is 0 Å². The van der Waals surface area contributed by atoms with Crippen molar-refractivity contribution in [2.24, 2.45) is 10.8 Å². The van der Waals surface area contributed by atoms with E-state index in [1.54, 1.807) is 13.8 Å². The molecule has 0 atom stereocenters. The summed E-state index contributed by atoms with van der Waals surface area (Å²) in [6.07, 6.45) is 0.479. The number of aliphatic carboxylic acids is 1. The van der Waals surface area contributed by atoms with Crippen LogP contribution in [0.25, 0.3) is 0 Å². The van der Waals surface area contributed by atoms with Gasteiger partial charge in [-0.05, 0) is 53.9 Å². The van der Waals surface area contributed by atoms with E-state index < -0.39 is 11.4 Å². The molecule has 0 spiro atoms. The minimum atomic E-state index is -0.795. The molecule has 1 aliphatic rings. The lowest BCUT2D eigenvalue weighted by molar-refractivity contribution is -0.146. The van der Waals surface area contributed by atoms with Gasteiger partial charge in [-0.2, -0.15) is 0 Å². The van der Waals surface area contributed by atoms with Crippen molar-refractivity contribution in [3.8, 4) is 5.75 Å². The normalized spacial score (nSPS) is 17.1. The molecule has 1 heterocycles. The van der Waals surface area contributed by atoms with Crippen molar-refractivity contribution in [3.05, 3.63) is 28.2 Å². The third-order valence-electron chi connectivity index (χ3n) is 3.70. The molecular weight excluding hydrogens is 336 g/mol. The van der Waals surface area contributed by atoms with Gasteiger partial charge in [-0.15, -0.1) is 0 Å². The molecule has 1 fully saturated rings. The molecule has 116 valence electrons. The minimum Gasteiger partial charge on any atom is -0.492 e. The molecule has 1 aromatic rings. The lowest BCUT2D eigenvalue weighted by atomic mass is 9.86. The predicted octanol–water partition coefficient (Wildman–Crippen LogP) is 3.52. The highest BCUT2D eigenvalue weighted by atomic mass is 79.9. The smallest absolute Gasteiger partial charge is 0.309 e. The number of hydrogen-bond acceptors (Lipinski definition) is 3. The third kappa shape index (κ3) is 3.98. The molecule has 0 radical (unpaired) electrons. The third-order valence-corrected chi connectivity index (χ3v) is 4.32. The molecule has 0 amide bonds. The maximum absolute atomic E-state index is 11.2. The molecule has 21 heavy (non-hydrogen) atoms. The highest BCUT2D eigenvalue weighted by molar-refractivity contribution is 9.10. The van der Waals surface area contributed by atoms with E-state index >= 15 is 0 Å². The van der Waals surface area contributed by atoms with Crippen molar-refractivity contribution in [1.82, 2.24) is 0 Å². The van der Waals surface area contributed by atoms with Crippen LogP contribution in [-0.4, -0.2) is 30.9 Å². The summed E-state index contributed by atoms with van der Waals surface area (Å²) in [4.78, 5) is 11.2. The molecule has 5 heteroatoms. The molecule has 0 unspecified atom stereocenters. The average Bonchev–Trinajstić information content (AvgIpc) is 2.35. The molecule has 0 aliphatic carbocycles. The predicted molar refractivity (Wildman–Crippen MR) is 83.7 cm³/mol. The van der Waals surface area contributed by atoms with Crippen LogP contribution in [0.5, 0.6) is 5.75 Å². The maximum atomic E-state index is 11.2. The van der Waals surface area contributed by atoms with Gasteiger partial charge in [-0.3, -0.25) is 4.79 Å². The van der Waals surface area contributed by atoms with Crippen molar-refractivity contribution in [2.75, 3.05) is 19.8 Å². The minimum absolute atomic E-state index is 0.101. The molecule has 1 N–H and O–H groups in total. The van der Waals surface area contributed by atoms with Crippen LogP contribution < -0.4 is 4.74 Å². The maximum Gasteiger partial charge on any atom is 0.309 e.